The number of benzene rings is 4. The molecule has 0 amide bonds. The van der Waals surface area contributed by atoms with Crippen LogP contribution in [0.25, 0.3) is 23.3 Å². The van der Waals surface area contributed by atoms with Crippen LogP contribution in [-0.4, -0.2) is 20.4 Å². The van der Waals surface area contributed by atoms with E-state index in [2.05, 4.69) is 6.07 Å². The van der Waals surface area contributed by atoms with Gasteiger partial charge in [-0.3, -0.25) is 0 Å². The monoisotopic (exact) mass is 436 g/mol. The summed E-state index contributed by atoms with van der Waals surface area (Å²) in [6.45, 7) is 1.96. The van der Waals surface area contributed by atoms with Gasteiger partial charge in [0, 0.05) is 17.0 Å². The van der Waals surface area contributed by atoms with Gasteiger partial charge in [-0.05, 0) is 89.2 Å². The maximum atomic E-state index is 11.1. The van der Waals surface area contributed by atoms with Crippen LogP contribution in [0.3, 0.4) is 0 Å². The van der Waals surface area contributed by atoms with Crippen molar-refractivity contribution >= 4 is 12.2 Å². The van der Waals surface area contributed by atoms with E-state index in [4.69, 9.17) is 0 Å². The van der Waals surface area contributed by atoms with E-state index >= 15 is 0 Å². The van der Waals surface area contributed by atoms with Crippen LogP contribution >= 0.6 is 0 Å². The maximum Gasteiger partial charge on any atom is 0.123 e. The maximum absolute atomic E-state index is 11.1. The average Bonchev–Trinajstić information content (AvgIpc) is 2.78. The van der Waals surface area contributed by atoms with Gasteiger partial charge in [-0.15, -0.1) is 0 Å². The van der Waals surface area contributed by atoms with Crippen molar-refractivity contribution in [3.8, 4) is 34.1 Å². The molecule has 4 aromatic carbocycles. The van der Waals surface area contributed by atoms with Crippen molar-refractivity contribution < 1.29 is 20.4 Å². The molecule has 0 aliphatic heterocycles. The molecule has 1 aliphatic rings. The van der Waals surface area contributed by atoms with E-state index in [9.17, 15) is 20.4 Å². The summed E-state index contributed by atoms with van der Waals surface area (Å²) in [6.07, 6.45) is 4.46. The van der Waals surface area contributed by atoms with Gasteiger partial charge in [0.2, 0.25) is 0 Å². The zero-order valence-electron chi connectivity index (χ0n) is 18.2. The van der Waals surface area contributed by atoms with Crippen LogP contribution in [0.5, 0.6) is 23.0 Å². The second kappa shape index (κ2) is 8.06. The lowest BCUT2D eigenvalue weighted by Crippen LogP contribution is -2.13. The first-order chi connectivity index (χ1) is 15.9. The minimum Gasteiger partial charge on any atom is -0.508 e. The van der Waals surface area contributed by atoms with E-state index in [0.717, 1.165) is 44.5 Å². The van der Waals surface area contributed by atoms with Crippen LogP contribution in [0.2, 0.25) is 0 Å². The molecule has 0 radical (unpaired) electrons. The number of fused-ring (bicyclic) bond motifs is 3. The molecule has 0 saturated heterocycles. The topological polar surface area (TPSA) is 80.9 Å². The highest BCUT2D eigenvalue weighted by Crippen LogP contribution is 2.50. The molecule has 0 heterocycles. The molecule has 33 heavy (non-hydrogen) atoms. The van der Waals surface area contributed by atoms with E-state index < -0.39 is 0 Å². The standard InChI is InChI=1S/C29H24O4/c1-17-12-21-16-24(20-6-10-23(31)11-7-20)29-25(28(21)26(32)13-17)14-19(15-27(29)33)3-2-18-4-8-22(30)9-5-18/h2-15,24,30-33H,16H2,1H3/b3-2-. The average molecular weight is 437 g/mol. The Bertz CT molecular complexity index is 1370. The van der Waals surface area contributed by atoms with Gasteiger partial charge < -0.3 is 20.4 Å². The summed E-state index contributed by atoms with van der Waals surface area (Å²) < 4.78 is 0. The highest BCUT2D eigenvalue weighted by atomic mass is 16.3. The molecule has 4 N–H and O–H groups in total. The number of phenolic OH excluding ortho intramolecular Hbond substituents is 4. The van der Waals surface area contributed by atoms with Crippen molar-refractivity contribution in [2.75, 3.05) is 0 Å². The third kappa shape index (κ3) is 3.92. The number of hydrogen-bond acceptors (Lipinski definition) is 4. The largest absolute Gasteiger partial charge is 0.508 e. The lowest BCUT2D eigenvalue weighted by molar-refractivity contribution is 0.461. The minimum absolute atomic E-state index is 0.107. The lowest BCUT2D eigenvalue weighted by atomic mass is 9.74. The summed E-state index contributed by atoms with van der Waals surface area (Å²) >= 11 is 0. The van der Waals surface area contributed by atoms with Crippen LogP contribution in [0.1, 0.15) is 39.3 Å². The fourth-order valence-corrected chi connectivity index (χ4v) is 4.73. The van der Waals surface area contributed by atoms with E-state index in [0.29, 0.717) is 6.42 Å². The van der Waals surface area contributed by atoms with E-state index in [1.54, 1.807) is 36.4 Å². The molecule has 4 heteroatoms. The Hall–Kier alpha value is -4.18. The molecular weight excluding hydrogens is 412 g/mol. The first-order valence-electron chi connectivity index (χ1n) is 10.8. The minimum atomic E-state index is -0.107. The molecule has 4 nitrogen and oxygen atoms in total. The first-order valence-corrected chi connectivity index (χ1v) is 10.8. The van der Waals surface area contributed by atoms with Crippen LogP contribution in [-0.2, 0) is 6.42 Å². The quantitative estimate of drug-likeness (QED) is 0.282. The van der Waals surface area contributed by atoms with E-state index in [1.807, 2.05) is 49.4 Å². The van der Waals surface area contributed by atoms with Gasteiger partial charge in [-0.1, -0.05) is 42.5 Å². The molecule has 164 valence electrons. The van der Waals surface area contributed by atoms with E-state index in [1.165, 1.54) is 0 Å². The van der Waals surface area contributed by atoms with Crippen molar-refractivity contribution in [3.63, 3.8) is 0 Å². The second-order valence-electron chi connectivity index (χ2n) is 8.59. The van der Waals surface area contributed by atoms with Crippen LogP contribution in [0, 0.1) is 6.92 Å². The Balaban J connectivity index is 1.66. The smallest absolute Gasteiger partial charge is 0.123 e. The molecule has 1 aliphatic carbocycles. The zero-order valence-corrected chi connectivity index (χ0v) is 18.2. The fourth-order valence-electron chi connectivity index (χ4n) is 4.73. The third-order valence-corrected chi connectivity index (χ3v) is 6.22. The highest BCUT2D eigenvalue weighted by Gasteiger charge is 2.31. The molecule has 4 aromatic rings. The lowest BCUT2D eigenvalue weighted by Gasteiger charge is -2.30. The van der Waals surface area contributed by atoms with Gasteiger partial charge >= 0.3 is 0 Å². The Kier molecular flexibility index (Phi) is 5.06. The van der Waals surface area contributed by atoms with Crippen molar-refractivity contribution in [2.45, 2.75) is 19.3 Å². The Morgan fingerprint density at radius 3 is 2.03 bits per heavy atom. The molecular formula is C29H24O4. The first kappa shape index (κ1) is 20.7. The zero-order chi connectivity index (χ0) is 23.1. The summed E-state index contributed by atoms with van der Waals surface area (Å²) in [7, 11) is 0. The SMILES string of the molecule is Cc1cc(O)c2c(c1)CC(c1ccc(O)cc1)c1c(O)cc(/C=C\c3ccc(O)cc3)cc1-2. The summed E-state index contributed by atoms with van der Waals surface area (Å²) in [6, 6.07) is 21.5. The predicted octanol–water partition coefficient (Wildman–Crippen LogP) is 6.34. The molecule has 0 aromatic heterocycles. The van der Waals surface area contributed by atoms with Gasteiger partial charge in [-0.25, -0.2) is 0 Å². The fraction of sp³-hybridized carbons (Fsp3) is 0.103. The number of aryl methyl sites for hydroxylation is 1. The van der Waals surface area contributed by atoms with Crippen LogP contribution < -0.4 is 0 Å². The predicted molar refractivity (Wildman–Crippen MR) is 131 cm³/mol. The summed E-state index contributed by atoms with van der Waals surface area (Å²) in [5, 5.41) is 41.2. The van der Waals surface area contributed by atoms with Gasteiger partial charge in [0.15, 0.2) is 0 Å². The van der Waals surface area contributed by atoms with Gasteiger partial charge in [-0.2, -0.15) is 0 Å². The van der Waals surface area contributed by atoms with Gasteiger partial charge in [0.25, 0.3) is 0 Å². The Morgan fingerprint density at radius 1 is 0.697 bits per heavy atom. The Labute approximate surface area is 192 Å². The molecule has 1 unspecified atom stereocenters. The molecule has 0 fully saturated rings. The number of rotatable bonds is 3. The summed E-state index contributed by atoms with van der Waals surface area (Å²) in [5.74, 6) is 0.671. The van der Waals surface area contributed by atoms with Gasteiger partial charge in [0.05, 0.1) is 0 Å². The summed E-state index contributed by atoms with van der Waals surface area (Å²) in [5.41, 5.74) is 7.04. The van der Waals surface area contributed by atoms with Crippen LogP contribution in [0.4, 0.5) is 0 Å². The highest BCUT2D eigenvalue weighted by molar-refractivity contribution is 5.85. The third-order valence-electron chi connectivity index (χ3n) is 6.22. The van der Waals surface area contributed by atoms with Crippen molar-refractivity contribution in [2.24, 2.45) is 0 Å². The van der Waals surface area contributed by atoms with Crippen molar-refractivity contribution in [3.05, 3.63) is 106 Å². The normalized spacial score (nSPS) is 14.8. The summed E-state index contributed by atoms with van der Waals surface area (Å²) in [4.78, 5) is 0. The molecule has 1 atom stereocenters. The number of phenols is 4. The molecule has 0 spiro atoms. The Morgan fingerprint density at radius 2 is 1.33 bits per heavy atom. The number of aromatic hydroxyl groups is 4. The molecule has 5 rings (SSSR count). The van der Waals surface area contributed by atoms with Crippen LogP contribution in [0.15, 0.2) is 72.8 Å². The van der Waals surface area contributed by atoms with E-state index in [-0.39, 0.29) is 28.9 Å². The number of hydrogen-bond donors (Lipinski definition) is 4. The molecule has 0 bridgehead atoms. The van der Waals surface area contributed by atoms with Crippen molar-refractivity contribution in [1.29, 1.82) is 0 Å². The van der Waals surface area contributed by atoms with Gasteiger partial charge in [0.1, 0.15) is 23.0 Å². The molecule has 0 saturated carbocycles. The van der Waals surface area contributed by atoms with Crippen molar-refractivity contribution in [1.82, 2.24) is 0 Å². The second-order valence-corrected chi connectivity index (χ2v) is 8.59.